The lowest BCUT2D eigenvalue weighted by Crippen LogP contribution is -2.45. The first-order chi connectivity index (χ1) is 15.4. The lowest BCUT2D eigenvalue weighted by molar-refractivity contribution is -0.151. The molecule has 32 heavy (non-hydrogen) atoms. The minimum Gasteiger partial charge on any atom is -0.507 e. The van der Waals surface area contributed by atoms with Gasteiger partial charge in [0.1, 0.15) is 5.75 Å². The highest BCUT2D eigenvalue weighted by Crippen LogP contribution is 2.23. The molecule has 0 bridgehead atoms. The molecule has 1 fully saturated rings. The number of nitrogens with zero attached hydrogens (tertiary/aromatic N) is 2. The van der Waals surface area contributed by atoms with Crippen LogP contribution < -0.4 is 0 Å². The third kappa shape index (κ3) is 5.87. The molecule has 0 saturated carbocycles. The number of carbonyl (C=O) groups is 3. The standard InChI is InChI=1S/C25H30N2O5/c1-3-32-25(31)20-11-13-27(14-12-20)23(29)17-26(2)24(30)21-16-19(9-10-22(21)28)15-18-7-5-4-6-8-18/h4-10,16,20,28H,3,11-15,17H2,1-2H3. The molecule has 1 aliphatic rings. The fraction of sp³-hybridized carbons (Fsp3) is 0.400. The number of rotatable bonds is 7. The SMILES string of the molecule is CCOC(=O)C1CCN(C(=O)CN(C)C(=O)c2cc(Cc3ccccc3)ccc2O)CC1. The molecular weight excluding hydrogens is 408 g/mol. The van der Waals surface area contributed by atoms with E-state index in [9.17, 15) is 19.5 Å². The number of piperidine rings is 1. The summed E-state index contributed by atoms with van der Waals surface area (Å²) in [7, 11) is 1.55. The summed E-state index contributed by atoms with van der Waals surface area (Å²) in [6.45, 7) is 2.96. The van der Waals surface area contributed by atoms with Crippen molar-refractivity contribution in [3.05, 3.63) is 65.2 Å². The Morgan fingerprint density at radius 2 is 1.75 bits per heavy atom. The summed E-state index contributed by atoms with van der Waals surface area (Å²) in [4.78, 5) is 40.5. The van der Waals surface area contributed by atoms with Crippen LogP contribution in [-0.2, 0) is 20.7 Å². The topological polar surface area (TPSA) is 87.2 Å². The minimum atomic E-state index is -0.410. The number of ether oxygens (including phenoxy) is 1. The summed E-state index contributed by atoms with van der Waals surface area (Å²) in [5, 5.41) is 10.2. The highest BCUT2D eigenvalue weighted by molar-refractivity contribution is 5.98. The van der Waals surface area contributed by atoms with E-state index in [1.165, 1.54) is 11.0 Å². The zero-order valence-corrected chi connectivity index (χ0v) is 18.6. The normalized spacial score (nSPS) is 14.1. The zero-order valence-electron chi connectivity index (χ0n) is 18.6. The van der Waals surface area contributed by atoms with Crippen LogP contribution in [0.5, 0.6) is 5.75 Å². The maximum absolute atomic E-state index is 12.9. The summed E-state index contributed by atoms with van der Waals surface area (Å²) in [6.07, 6.45) is 1.76. The zero-order chi connectivity index (χ0) is 23.1. The van der Waals surface area contributed by atoms with E-state index in [-0.39, 0.29) is 35.7 Å². The van der Waals surface area contributed by atoms with Gasteiger partial charge in [-0.1, -0.05) is 36.4 Å². The first kappa shape index (κ1) is 23.3. The lowest BCUT2D eigenvalue weighted by Gasteiger charge is -2.32. The summed E-state index contributed by atoms with van der Waals surface area (Å²) in [5.41, 5.74) is 2.18. The number of hydrogen-bond donors (Lipinski definition) is 1. The number of phenolic OH excluding ortho intramolecular Hbond substituents is 1. The average molecular weight is 439 g/mol. The van der Waals surface area contributed by atoms with E-state index in [0.717, 1.165) is 11.1 Å². The number of phenols is 1. The van der Waals surface area contributed by atoms with E-state index >= 15 is 0 Å². The second kappa shape index (κ2) is 10.8. The van der Waals surface area contributed by atoms with Crippen LogP contribution in [0.4, 0.5) is 0 Å². The van der Waals surface area contributed by atoms with Crippen LogP contribution >= 0.6 is 0 Å². The van der Waals surface area contributed by atoms with Crippen molar-refractivity contribution < 1.29 is 24.2 Å². The summed E-state index contributed by atoms with van der Waals surface area (Å²) >= 11 is 0. The fourth-order valence-corrected chi connectivity index (χ4v) is 3.90. The number of amides is 2. The number of benzene rings is 2. The molecule has 0 unspecified atom stereocenters. The van der Waals surface area contributed by atoms with Gasteiger partial charge >= 0.3 is 5.97 Å². The third-order valence-corrected chi connectivity index (χ3v) is 5.73. The molecule has 1 saturated heterocycles. The largest absolute Gasteiger partial charge is 0.507 e. The minimum absolute atomic E-state index is 0.0920. The third-order valence-electron chi connectivity index (χ3n) is 5.73. The highest BCUT2D eigenvalue weighted by atomic mass is 16.5. The number of aromatic hydroxyl groups is 1. The smallest absolute Gasteiger partial charge is 0.309 e. The molecule has 7 nitrogen and oxygen atoms in total. The molecule has 0 spiro atoms. The van der Waals surface area contributed by atoms with Gasteiger partial charge in [-0.25, -0.2) is 0 Å². The second-order valence-electron chi connectivity index (χ2n) is 8.08. The van der Waals surface area contributed by atoms with Gasteiger partial charge in [0, 0.05) is 20.1 Å². The van der Waals surface area contributed by atoms with Gasteiger partial charge in [-0.05, 0) is 49.4 Å². The van der Waals surface area contributed by atoms with Gasteiger partial charge in [-0.3, -0.25) is 14.4 Å². The Bertz CT molecular complexity index is 952. The van der Waals surface area contributed by atoms with Gasteiger partial charge in [0.15, 0.2) is 0 Å². The molecule has 0 radical (unpaired) electrons. The Morgan fingerprint density at radius 3 is 2.41 bits per heavy atom. The number of hydrogen-bond acceptors (Lipinski definition) is 5. The van der Waals surface area contributed by atoms with Crippen LogP contribution in [0.2, 0.25) is 0 Å². The molecule has 1 N–H and O–H groups in total. The molecule has 3 rings (SSSR count). The van der Waals surface area contributed by atoms with Gasteiger partial charge in [0.2, 0.25) is 5.91 Å². The van der Waals surface area contributed by atoms with Gasteiger partial charge < -0.3 is 19.6 Å². The highest BCUT2D eigenvalue weighted by Gasteiger charge is 2.29. The molecule has 2 aromatic carbocycles. The van der Waals surface area contributed by atoms with Gasteiger partial charge in [0.25, 0.3) is 5.91 Å². The van der Waals surface area contributed by atoms with Crippen molar-refractivity contribution >= 4 is 17.8 Å². The fourth-order valence-electron chi connectivity index (χ4n) is 3.90. The number of esters is 1. The van der Waals surface area contributed by atoms with Crippen LogP contribution in [0, 0.1) is 5.92 Å². The van der Waals surface area contributed by atoms with Crippen molar-refractivity contribution in [2.45, 2.75) is 26.2 Å². The summed E-state index contributed by atoms with van der Waals surface area (Å²) < 4.78 is 5.06. The summed E-state index contributed by atoms with van der Waals surface area (Å²) in [5.74, 6) is -1.09. The van der Waals surface area contributed by atoms with Crippen LogP contribution in [0.1, 0.15) is 41.3 Å². The van der Waals surface area contributed by atoms with E-state index in [2.05, 4.69) is 0 Å². The lowest BCUT2D eigenvalue weighted by atomic mass is 9.97. The van der Waals surface area contributed by atoms with E-state index in [0.29, 0.717) is 39.0 Å². The molecule has 0 atom stereocenters. The van der Waals surface area contributed by atoms with Crippen LogP contribution in [0.25, 0.3) is 0 Å². The van der Waals surface area contributed by atoms with Crippen molar-refractivity contribution in [2.24, 2.45) is 5.92 Å². The van der Waals surface area contributed by atoms with Crippen molar-refractivity contribution in [2.75, 3.05) is 33.3 Å². The van der Waals surface area contributed by atoms with E-state index in [1.807, 2.05) is 30.3 Å². The summed E-state index contributed by atoms with van der Waals surface area (Å²) in [6, 6.07) is 14.8. The molecule has 1 aliphatic heterocycles. The van der Waals surface area contributed by atoms with Crippen molar-refractivity contribution in [1.29, 1.82) is 0 Å². The number of likely N-dealkylation sites (tertiary alicyclic amines) is 1. The maximum Gasteiger partial charge on any atom is 0.309 e. The first-order valence-electron chi connectivity index (χ1n) is 10.9. The van der Waals surface area contributed by atoms with Crippen LogP contribution in [0.3, 0.4) is 0 Å². The molecule has 2 amide bonds. The molecular formula is C25H30N2O5. The van der Waals surface area contributed by atoms with Gasteiger partial charge in [-0.15, -0.1) is 0 Å². The molecule has 2 aromatic rings. The molecule has 1 heterocycles. The number of likely N-dealkylation sites (N-methyl/N-ethyl adjacent to an activating group) is 1. The van der Waals surface area contributed by atoms with Crippen molar-refractivity contribution in [1.82, 2.24) is 9.80 Å². The predicted molar refractivity (Wildman–Crippen MR) is 120 cm³/mol. The average Bonchev–Trinajstić information content (AvgIpc) is 2.80. The maximum atomic E-state index is 12.9. The molecule has 170 valence electrons. The van der Waals surface area contributed by atoms with Gasteiger partial charge in [-0.2, -0.15) is 0 Å². The van der Waals surface area contributed by atoms with Crippen LogP contribution in [-0.4, -0.2) is 66.0 Å². The van der Waals surface area contributed by atoms with Crippen molar-refractivity contribution in [3.8, 4) is 5.75 Å². The number of carbonyl (C=O) groups excluding carboxylic acids is 3. The molecule has 7 heteroatoms. The predicted octanol–water partition coefficient (Wildman–Crippen LogP) is 2.86. The Balaban J connectivity index is 1.59. The van der Waals surface area contributed by atoms with Crippen molar-refractivity contribution in [3.63, 3.8) is 0 Å². The van der Waals surface area contributed by atoms with E-state index in [1.54, 1.807) is 31.0 Å². The monoisotopic (exact) mass is 438 g/mol. The quantitative estimate of drug-likeness (QED) is 0.672. The Kier molecular flexibility index (Phi) is 7.87. The Morgan fingerprint density at radius 1 is 1.06 bits per heavy atom. The molecule has 0 aliphatic carbocycles. The molecule has 0 aromatic heterocycles. The van der Waals surface area contributed by atoms with E-state index in [4.69, 9.17) is 4.74 Å². The first-order valence-corrected chi connectivity index (χ1v) is 10.9. The van der Waals surface area contributed by atoms with Gasteiger partial charge in [0.05, 0.1) is 24.6 Å². The van der Waals surface area contributed by atoms with E-state index < -0.39 is 5.91 Å². The second-order valence-corrected chi connectivity index (χ2v) is 8.08. The van der Waals surface area contributed by atoms with Crippen LogP contribution in [0.15, 0.2) is 48.5 Å². The Hall–Kier alpha value is -3.35. The Labute approximate surface area is 188 Å².